The number of hydrogen-bond donors (Lipinski definition) is 3. The first-order chi connectivity index (χ1) is 15.0. The van der Waals surface area contributed by atoms with Crippen LogP contribution in [0.4, 0.5) is 17.1 Å². The fourth-order valence-electron chi connectivity index (χ4n) is 1.90. The van der Waals surface area contributed by atoms with E-state index in [2.05, 4.69) is 0 Å². The minimum absolute atomic E-state index is 0. The van der Waals surface area contributed by atoms with Gasteiger partial charge in [-0.3, -0.25) is 0 Å². The Morgan fingerprint density at radius 1 is 0.412 bits per heavy atom. The summed E-state index contributed by atoms with van der Waals surface area (Å²) in [7, 11) is -13.0. The van der Waals surface area contributed by atoms with Gasteiger partial charge in [0.05, 0.1) is 14.7 Å². The fraction of sp³-hybridized carbons (Fsp3) is 0. The Morgan fingerprint density at radius 3 is 0.676 bits per heavy atom. The number of benzene rings is 3. The van der Waals surface area contributed by atoms with E-state index >= 15 is 0 Å². The van der Waals surface area contributed by atoms with Crippen molar-refractivity contribution in [3.63, 3.8) is 0 Å². The van der Waals surface area contributed by atoms with Gasteiger partial charge in [-0.1, -0.05) is 0 Å². The van der Waals surface area contributed by atoms with Gasteiger partial charge in [0, 0.05) is 17.1 Å². The second kappa shape index (κ2) is 12.7. The van der Waals surface area contributed by atoms with Crippen LogP contribution < -0.4 is 17.2 Å². The number of anilines is 3. The average Bonchev–Trinajstić information content (AvgIpc) is 2.68. The molecule has 6 N–H and O–H groups in total. The van der Waals surface area contributed by atoms with Crippen molar-refractivity contribution in [2.45, 2.75) is 14.7 Å². The third-order valence-electron chi connectivity index (χ3n) is 3.51. The zero-order valence-corrected chi connectivity index (χ0v) is 20.5. The molecule has 3 aromatic carbocycles. The second-order valence-corrected chi connectivity index (χ2v) is 10.2. The number of rotatable bonds is 3. The first-order valence-electron chi connectivity index (χ1n) is 8.44. The zero-order valence-electron chi connectivity index (χ0n) is 16.9. The molecule has 0 aliphatic carbocycles. The number of nitrogens with two attached hydrogens (primary N) is 3. The first kappa shape index (κ1) is 31.3. The summed E-state index contributed by atoms with van der Waals surface area (Å²) in [6, 6.07) is 15.3. The molecule has 16 heteroatoms. The molecule has 0 bridgehead atoms. The Labute approximate surface area is 207 Å². The van der Waals surface area contributed by atoms with Crippen LogP contribution in [0.25, 0.3) is 0 Å². The fourth-order valence-corrected chi connectivity index (χ4v) is 3.31. The van der Waals surface area contributed by atoms with Gasteiger partial charge in [-0.05, 0) is 72.8 Å². The van der Waals surface area contributed by atoms with Gasteiger partial charge >= 0.3 is 17.1 Å². The van der Waals surface area contributed by atoms with E-state index in [0.717, 1.165) is 0 Å². The summed E-state index contributed by atoms with van der Waals surface area (Å²) in [5.41, 5.74) is 17.1. The molecular weight excluding hydrogens is 554 g/mol. The van der Waals surface area contributed by atoms with Crippen molar-refractivity contribution in [1.29, 1.82) is 0 Å². The van der Waals surface area contributed by atoms with Crippen LogP contribution >= 0.6 is 0 Å². The van der Waals surface area contributed by atoms with E-state index in [4.69, 9.17) is 17.2 Å². The molecule has 0 saturated carbocycles. The topological polar surface area (TPSA) is 250 Å². The van der Waals surface area contributed by atoms with Crippen LogP contribution in [-0.2, 0) is 47.4 Å². The van der Waals surface area contributed by atoms with E-state index in [9.17, 15) is 38.9 Å². The molecule has 3 aromatic rings. The van der Waals surface area contributed by atoms with Crippen LogP contribution in [0.1, 0.15) is 0 Å². The predicted molar refractivity (Wildman–Crippen MR) is 116 cm³/mol. The quantitative estimate of drug-likeness (QED) is 0.221. The number of hydrogen-bond acceptors (Lipinski definition) is 12. The van der Waals surface area contributed by atoms with E-state index in [1.165, 1.54) is 72.8 Å². The van der Waals surface area contributed by atoms with E-state index in [-0.39, 0.29) is 31.8 Å². The van der Waals surface area contributed by atoms with E-state index < -0.39 is 30.4 Å². The van der Waals surface area contributed by atoms with E-state index in [1.54, 1.807) is 0 Å². The maximum Gasteiger partial charge on any atom is 3.00 e. The summed E-state index contributed by atoms with van der Waals surface area (Å²) < 4.78 is 93.1. The van der Waals surface area contributed by atoms with Crippen molar-refractivity contribution < 1.29 is 56.0 Å². The second-order valence-electron chi connectivity index (χ2n) is 6.07. The van der Waals surface area contributed by atoms with Crippen molar-refractivity contribution >= 4 is 47.4 Å². The summed E-state index contributed by atoms with van der Waals surface area (Å²) in [6.07, 6.45) is 0. The molecule has 0 aliphatic rings. The van der Waals surface area contributed by atoms with Crippen LogP contribution in [-0.4, -0.2) is 38.9 Å². The Kier molecular flexibility index (Phi) is 11.7. The van der Waals surface area contributed by atoms with Gasteiger partial charge < -0.3 is 30.9 Å². The normalized spacial score (nSPS) is 11.0. The third-order valence-corrected chi connectivity index (χ3v) is 6.05. The standard InChI is InChI=1S/3C6H7NO3S.Fe/c3*7-5-1-3-6(4-2-5)11(8,9)10;/h3*1-4H,7H2,(H,8,9,10);/q;;;+3/p-3. The Hall–Kier alpha value is -2.69. The summed E-state index contributed by atoms with van der Waals surface area (Å²) in [4.78, 5) is -0.773. The van der Waals surface area contributed by atoms with E-state index in [1.807, 2.05) is 0 Å². The molecule has 3 rings (SSSR count). The van der Waals surface area contributed by atoms with Gasteiger partial charge in [-0.2, -0.15) is 0 Å². The predicted octanol–water partition coefficient (Wildman–Crippen LogP) is 0.516. The minimum Gasteiger partial charge on any atom is -0.744 e. The third kappa shape index (κ3) is 11.4. The Balaban J connectivity index is 0.000000473. The molecule has 0 atom stereocenters. The number of nitrogen functional groups attached to an aromatic ring is 3. The van der Waals surface area contributed by atoms with Crippen LogP contribution in [0.5, 0.6) is 0 Å². The largest absolute Gasteiger partial charge is 3.00 e. The van der Waals surface area contributed by atoms with Crippen molar-refractivity contribution in [2.24, 2.45) is 0 Å². The molecule has 12 nitrogen and oxygen atoms in total. The molecule has 1 radical (unpaired) electrons. The summed E-state index contributed by atoms with van der Waals surface area (Å²) in [6.45, 7) is 0. The molecule has 0 amide bonds. The van der Waals surface area contributed by atoms with Gasteiger partial charge in [0.25, 0.3) is 0 Å². The van der Waals surface area contributed by atoms with Gasteiger partial charge in [0.15, 0.2) is 0 Å². The SMILES string of the molecule is Nc1ccc(S(=O)(=O)[O-])cc1.Nc1ccc(S(=O)(=O)[O-])cc1.Nc1ccc(S(=O)(=O)[O-])cc1.[Fe+3]. The minimum atomic E-state index is -4.33. The smallest absolute Gasteiger partial charge is 0.744 e. The van der Waals surface area contributed by atoms with Crippen molar-refractivity contribution in [3.8, 4) is 0 Å². The molecule has 34 heavy (non-hydrogen) atoms. The monoisotopic (exact) mass is 572 g/mol. The van der Waals surface area contributed by atoms with Gasteiger partial charge in [0.2, 0.25) is 0 Å². The summed E-state index contributed by atoms with van der Waals surface area (Å²) >= 11 is 0. The Morgan fingerprint density at radius 2 is 0.559 bits per heavy atom. The van der Waals surface area contributed by atoms with Crippen molar-refractivity contribution in [1.82, 2.24) is 0 Å². The maximum absolute atomic E-state index is 10.3. The zero-order chi connectivity index (χ0) is 25.4. The van der Waals surface area contributed by atoms with Gasteiger partial charge in [0.1, 0.15) is 30.4 Å². The molecule has 0 saturated heterocycles. The van der Waals surface area contributed by atoms with Crippen LogP contribution in [0.2, 0.25) is 0 Å². The van der Waals surface area contributed by atoms with Gasteiger partial charge in [-0.25, -0.2) is 25.3 Å². The van der Waals surface area contributed by atoms with Gasteiger partial charge in [-0.15, -0.1) is 0 Å². The molecule has 0 fully saturated rings. The molecule has 0 aromatic heterocycles. The van der Waals surface area contributed by atoms with Crippen LogP contribution in [0, 0.1) is 0 Å². The average molecular weight is 572 g/mol. The molecular formula is C18H18FeN3O9S3. The molecule has 0 unspecified atom stereocenters. The maximum atomic E-state index is 10.3. The molecule has 0 heterocycles. The molecule has 0 spiro atoms. The summed E-state index contributed by atoms with van der Waals surface area (Å²) in [5, 5.41) is 0. The molecule has 0 aliphatic heterocycles. The van der Waals surface area contributed by atoms with Crippen molar-refractivity contribution in [3.05, 3.63) is 72.8 Å². The molecule has 185 valence electrons. The summed E-state index contributed by atoms with van der Waals surface area (Å²) in [5.74, 6) is 0. The van der Waals surface area contributed by atoms with Crippen LogP contribution in [0.3, 0.4) is 0 Å². The van der Waals surface area contributed by atoms with E-state index in [0.29, 0.717) is 17.1 Å². The van der Waals surface area contributed by atoms with Crippen molar-refractivity contribution in [2.75, 3.05) is 17.2 Å². The Bertz CT molecular complexity index is 1200. The first-order valence-corrected chi connectivity index (χ1v) is 12.7. The van der Waals surface area contributed by atoms with Crippen LogP contribution in [0.15, 0.2) is 87.5 Å².